The minimum Gasteiger partial charge on any atom is -0.461 e. The summed E-state index contributed by atoms with van der Waals surface area (Å²) in [5.74, 6) is 0.00978. The van der Waals surface area contributed by atoms with Gasteiger partial charge in [-0.05, 0) is 30.9 Å². The molecule has 1 saturated carbocycles. The van der Waals surface area contributed by atoms with Crippen LogP contribution in [0, 0.1) is 0 Å². The zero-order valence-corrected chi connectivity index (χ0v) is 16.0. The minimum absolute atomic E-state index is 0.0191. The van der Waals surface area contributed by atoms with Crippen molar-refractivity contribution in [1.29, 1.82) is 0 Å². The number of esters is 1. The lowest BCUT2D eigenvalue weighted by atomic mass is 10.0. The Balaban J connectivity index is 1.81. The SMILES string of the molecule is CCOC(=O)c1[nH]c2c(C3CC3)[nH]nc2c1-c1ccc(CS(C)(=O)=O)cc1. The zero-order chi connectivity index (χ0) is 19.2. The van der Waals surface area contributed by atoms with Gasteiger partial charge < -0.3 is 9.72 Å². The molecule has 0 bridgehead atoms. The molecular weight excluding hydrogens is 366 g/mol. The monoisotopic (exact) mass is 387 g/mol. The lowest BCUT2D eigenvalue weighted by molar-refractivity contribution is 0.0521. The minimum atomic E-state index is -3.10. The molecule has 1 aliphatic carbocycles. The van der Waals surface area contributed by atoms with Crippen LogP contribution in [-0.2, 0) is 20.3 Å². The first-order chi connectivity index (χ1) is 12.9. The number of carbonyl (C=O) groups excluding carboxylic acids is 1. The van der Waals surface area contributed by atoms with E-state index in [0.717, 1.165) is 29.6 Å². The normalized spacial score (nSPS) is 14.6. The summed E-state index contributed by atoms with van der Waals surface area (Å²) in [5, 5.41) is 7.54. The fraction of sp³-hybridized carbons (Fsp3) is 0.368. The largest absolute Gasteiger partial charge is 0.461 e. The van der Waals surface area contributed by atoms with Gasteiger partial charge in [0.25, 0.3) is 0 Å². The van der Waals surface area contributed by atoms with Crippen molar-refractivity contribution in [2.45, 2.75) is 31.4 Å². The number of benzene rings is 1. The van der Waals surface area contributed by atoms with Crippen LogP contribution in [0.25, 0.3) is 22.2 Å². The fourth-order valence-electron chi connectivity index (χ4n) is 3.34. The van der Waals surface area contributed by atoms with E-state index >= 15 is 0 Å². The number of sulfone groups is 1. The zero-order valence-electron chi connectivity index (χ0n) is 15.2. The van der Waals surface area contributed by atoms with E-state index in [9.17, 15) is 13.2 Å². The number of nitrogens with zero attached hydrogens (tertiary/aromatic N) is 1. The van der Waals surface area contributed by atoms with Crippen LogP contribution in [0.5, 0.6) is 0 Å². The number of ether oxygens (including phenoxy) is 1. The van der Waals surface area contributed by atoms with Crippen molar-refractivity contribution in [2.24, 2.45) is 0 Å². The molecule has 0 radical (unpaired) electrons. The maximum absolute atomic E-state index is 12.5. The highest BCUT2D eigenvalue weighted by molar-refractivity contribution is 7.89. The van der Waals surface area contributed by atoms with Gasteiger partial charge >= 0.3 is 5.97 Å². The number of hydrogen-bond acceptors (Lipinski definition) is 5. The molecule has 0 amide bonds. The van der Waals surface area contributed by atoms with E-state index in [0.29, 0.717) is 28.3 Å². The van der Waals surface area contributed by atoms with Gasteiger partial charge in [0.15, 0.2) is 9.84 Å². The fourth-order valence-corrected chi connectivity index (χ4v) is 4.14. The number of rotatable bonds is 6. The first-order valence-electron chi connectivity index (χ1n) is 8.91. The first kappa shape index (κ1) is 17.8. The molecule has 27 heavy (non-hydrogen) atoms. The van der Waals surface area contributed by atoms with Crippen LogP contribution in [0.4, 0.5) is 0 Å². The second kappa shape index (κ2) is 6.53. The molecule has 7 nitrogen and oxygen atoms in total. The molecule has 1 aliphatic rings. The van der Waals surface area contributed by atoms with Crippen molar-refractivity contribution < 1.29 is 17.9 Å². The number of H-pyrrole nitrogens is 2. The molecule has 2 heterocycles. The van der Waals surface area contributed by atoms with E-state index in [1.165, 1.54) is 6.26 Å². The highest BCUT2D eigenvalue weighted by Gasteiger charge is 2.31. The summed E-state index contributed by atoms with van der Waals surface area (Å²) in [7, 11) is -3.10. The molecule has 4 rings (SSSR count). The molecule has 0 saturated heterocycles. The number of carbonyl (C=O) groups is 1. The van der Waals surface area contributed by atoms with E-state index in [1.54, 1.807) is 19.1 Å². The van der Waals surface area contributed by atoms with Gasteiger partial charge in [-0.15, -0.1) is 0 Å². The Bertz CT molecular complexity index is 1110. The summed E-state index contributed by atoms with van der Waals surface area (Å²) in [4.78, 5) is 15.7. The third kappa shape index (κ3) is 3.49. The van der Waals surface area contributed by atoms with E-state index in [1.807, 2.05) is 12.1 Å². The number of aromatic amines is 2. The summed E-state index contributed by atoms with van der Waals surface area (Å²) in [6, 6.07) is 7.16. The van der Waals surface area contributed by atoms with Gasteiger partial charge in [0, 0.05) is 17.7 Å². The second-order valence-corrected chi connectivity index (χ2v) is 9.14. The first-order valence-corrected chi connectivity index (χ1v) is 11.0. The predicted molar refractivity (Wildman–Crippen MR) is 102 cm³/mol. The number of nitrogens with one attached hydrogen (secondary N) is 2. The molecule has 0 atom stereocenters. The van der Waals surface area contributed by atoms with Crippen molar-refractivity contribution >= 4 is 26.8 Å². The maximum Gasteiger partial charge on any atom is 0.355 e. The van der Waals surface area contributed by atoms with E-state index in [-0.39, 0.29) is 12.4 Å². The Hall–Kier alpha value is -2.61. The van der Waals surface area contributed by atoms with Gasteiger partial charge in [0.05, 0.1) is 23.6 Å². The number of fused-ring (bicyclic) bond motifs is 1. The summed E-state index contributed by atoms with van der Waals surface area (Å²) in [5.41, 5.74) is 5.11. The van der Waals surface area contributed by atoms with Crippen molar-refractivity contribution in [2.75, 3.05) is 12.9 Å². The third-order valence-corrected chi connectivity index (χ3v) is 5.53. The topological polar surface area (TPSA) is 105 Å². The average molecular weight is 387 g/mol. The molecule has 1 fully saturated rings. The van der Waals surface area contributed by atoms with Crippen molar-refractivity contribution in [3.05, 3.63) is 41.2 Å². The van der Waals surface area contributed by atoms with Crippen LogP contribution in [0.15, 0.2) is 24.3 Å². The Morgan fingerprint density at radius 3 is 2.56 bits per heavy atom. The lowest BCUT2D eigenvalue weighted by Crippen LogP contribution is -2.07. The van der Waals surface area contributed by atoms with Crippen molar-refractivity contribution in [1.82, 2.24) is 15.2 Å². The maximum atomic E-state index is 12.5. The van der Waals surface area contributed by atoms with Crippen molar-refractivity contribution in [3.8, 4) is 11.1 Å². The van der Waals surface area contributed by atoms with Gasteiger partial charge in [-0.25, -0.2) is 13.2 Å². The third-order valence-electron chi connectivity index (χ3n) is 4.67. The van der Waals surface area contributed by atoms with E-state index < -0.39 is 15.8 Å². The predicted octanol–water partition coefficient (Wildman–Crippen LogP) is 3.16. The lowest BCUT2D eigenvalue weighted by Gasteiger charge is -2.06. The standard InChI is InChI=1S/C19H21N3O4S/c1-3-26-19(23)17-14(12-6-4-11(5-7-12)10-27(2,24)25)16-18(20-17)15(21-22-16)13-8-9-13/h4-7,13,20H,3,8-10H2,1-2H3,(H,21,22). The average Bonchev–Trinajstić information content (AvgIpc) is 3.24. The Labute approximate surface area is 157 Å². The van der Waals surface area contributed by atoms with Gasteiger partial charge in [0.2, 0.25) is 0 Å². The van der Waals surface area contributed by atoms with E-state index in [2.05, 4.69) is 15.2 Å². The molecule has 142 valence electrons. The quantitative estimate of drug-likeness (QED) is 0.632. The summed E-state index contributed by atoms with van der Waals surface area (Å²) in [6.07, 6.45) is 3.43. The van der Waals surface area contributed by atoms with Crippen LogP contribution in [0.2, 0.25) is 0 Å². The Morgan fingerprint density at radius 1 is 1.26 bits per heavy atom. The molecule has 2 N–H and O–H groups in total. The highest BCUT2D eigenvalue weighted by atomic mass is 32.2. The summed E-state index contributed by atoms with van der Waals surface area (Å²) < 4.78 is 28.2. The van der Waals surface area contributed by atoms with Crippen LogP contribution in [0.3, 0.4) is 0 Å². The summed E-state index contributed by atoms with van der Waals surface area (Å²) >= 11 is 0. The Morgan fingerprint density at radius 2 is 1.96 bits per heavy atom. The van der Waals surface area contributed by atoms with Crippen LogP contribution >= 0.6 is 0 Å². The second-order valence-electron chi connectivity index (χ2n) is 7.00. The van der Waals surface area contributed by atoms with Crippen molar-refractivity contribution in [3.63, 3.8) is 0 Å². The van der Waals surface area contributed by atoms with E-state index in [4.69, 9.17) is 4.74 Å². The van der Waals surface area contributed by atoms with Crippen LogP contribution < -0.4 is 0 Å². The smallest absolute Gasteiger partial charge is 0.355 e. The molecular formula is C19H21N3O4S. The summed E-state index contributed by atoms with van der Waals surface area (Å²) in [6.45, 7) is 2.05. The molecule has 0 spiro atoms. The molecule has 0 unspecified atom stereocenters. The number of aromatic nitrogens is 3. The molecule has 2 aromatic heterocycles. The molecule has 0 aliphatic heterocycles. The van der Waals surface area contributed by atoms with Gasteiger partial charge in [0.1, 0.15) is 11.2 Å². The molecule has 8 heteroatoms. The molecule has 1 aromatic carbocycles. The Kier molecular flexibility index (Phi) is 4.30. The van der Waals surface area contributed by atoms with Gasteiger partial charge in [-0.1, -0.05) is 24.3 Å². The van der Waals surface area contributed by atoms with Gasteiger partial charge in [-0.2, -0.15) is 5.10 Å². The van der Waals surface area contributed by atoms with Crippen LogP contribution in [-0.4, -0.2) is 42.4 Å². The molecule has 3 aromatic rings. The van der Waals surface area contributed by atoms with Crippen LogP contribution in [0.1, 0.15) is 47.4 Å². The highest BCUT2D eigenvalue weighted by Crippen LogP contribution is 2.44. The van der Waals surface area contributed by atoms with Gasteiger partial charge in [-0.3, -0.25) is 5.10 Å². The number of hydrogen-bond donors (Lipinski definition) is 2.